The third kappa shape index (κ3) is 2.89. The molecule has 3 nitrogen and oxygen atoms in total. The third-order valence-electron chi connectivity index (χ3n) is 8.69. The standard InChI is InChI=1S/C26H32O3/c1-25-13-11-22-21-10-8-20(29-2)15-18(21)5-9-23(22)24(25)12-14-26(25,28)16-17-3-6-19(27)7-4-17/h3-4,6-8,10,15,22-24,27-28H,5,9,11-14,16H2,1-2H3/t22-,23-,24+,25+,26-/m1/s1. The molecule has 3 aliphatic rings. The van der Waals surface area contributed by atoms with Gasteiger partial charge in [0.2, 0.25) is 0 Å². The molecule has 0 spiro atoms. The molecule has 154 valence electrons. The van der Waals surface area contributed by atoms with Gasteiger partial charge in [-0.15, -0.1) is 0 Å². The second-order valence-corrected chi connectivity index (χ2v) is 9.85. The van der Waals surface area contributed by atoms with Gasteiger partial charge in [0, 0.05) is 6.42 Å². The van der Waals surface area contributed by atoms with Crippen molar-refractivity contribution >= 4 is 0 Å². The van der Waals surface area contributed by atoms with Crippen molar-refractivity contribution in [3.8, 4) is 11.5 Å². The molecule has 0 unspecified atom stereocenters. The average Bonchev–Trinajstić information content (AvgIpc) is 3.00. The van der Waals surface area contributed by atoms with Crippen LogP contribution in [0.25, 0.3) is 0 Å². The van der Waals surface area contributed by atoms with Crippen LogP contribution in [0.4, 0.5) is 0 Å². The van der Waals surface area contributed by atoms with E-state index in [1.807, 2.05) is 12.1 Å². The Morgan fingerprint density at radius 2 is 1.83 bits per heavy atom. The molecule has 3 aliphatic carbocycles. The van der Waals surface area contributed by atoms with E-state index < -0.39 is 5.60 Å². The summed E-state index contributed by atoms with van der Waals surface area (Å²) in [4.78, 5) is 0. The smallest absolute Gasteiger partial charge is 0.119 e. The van der Waals surface area contributed by atoms with Crippen LogP contribution >= 0.6 is 0 Å². The van der Waals surface area contributed by atoms with Gasteiger partial charge in [-0.2, -0.15) is 0 Å². The van der Waals surface area contributed by atoms with Gasteiger partial charge in [-0.1, -0.05) is 25.1 Å². The molecule has 0 aromatic heterocycles. The molecule has 0 saturated heterocycles. The molecular weight excluding hydrogens is 360 g/mol. The summed E-state index contributed by atoms with van der Waals surface area (Å²) >= 11 is 0. The van der Waals surface area contributed by atoms with Crippen LogP contribution in [0.3, 0.4) is 0 Å². The predicted molar refractivity (Wildman–Crippen MR) is 114 cm³/mol. The average molecular weight is 393 g/mol. The van der Waals surface area contributed by atoms with E-state index >= 15 is 0 Å². The number of rotatable bonds is 3. The molecule has 0 bridgehead atoms. The van der Waals surface area contributed by atoms with Crippen LogP contribution in [0.5, 0.6) is 11.5 Å². The number of hydrogen-bond acceptors (Lipinski definition) is 3. The summed E-state index contributed by atoms with van der Waals surface area (Å²) in [5.41, 5.74) is 3.43. The van der Waals surface area contributed by atoms with Gasteiger partial charge in [-0.25, -0.2) is 0 Å². The Labute approximate surface area is 173 Å². The summed E-state index contributed by atoms with van der Waals surface area (Å²) in [7, 11) is 1.74. The van der Waals surface area contributed by atoms with Crippen molar-refractivity contribution < 1.29 is 14.9 Å². The minimum absolute atomic E-state index is 0.0317. The zero-order valence-corrected chi connectivity index (χ0v) is 17.5. The summed E-state index contributed by atoms with van der Waals surface area (Å²) in [6.45, 7) is 2.35. The third-order valence-corrected chi connectivity index (χ3v) is 8.69. The van der Waals surface area contributed by atoms with Crippen molar-refractivity contribution in [2.45, 2.75) is 63.4 Å². The number of benzene rings is 2. The fourth-order valence-corrected chi connectivity index (χ4v) is 7.04. The minimum Gasteiger partial charge on any atom is -0.508 e. The maximum atomic E-state index is 11.8. The molecule has 0 aliphatic heterocycles. The Hall–Kier alpha value is -2.00. The summed E-state index contributed by atoms with van der Waals surface area (Å²) in [6, 6.07) is 14.0. The quantitative estimate of drug-likeness (QED) is 0.752. The summed E-state index contributed by atoms with van der Waals surface area (Å²) in [5, 5.41) is 21.4. The molecule has 29 heavy (non-hydrogen) atoms. The van der Waals surface area contributed by atoms with Gasteiger partial charge >= 0.3 is 0 Å². The first-order valence-electron chi connectivity index (χ1n) is 11.1. The lowest BCUT2D eigenvalue weighted by Gasteiger charge is -2.53. The van der Waals surface area contributed by atoms with Crippen LogP contribution in [0.15, 0.2) is 42.5 Å². The van der Waals surface area contributed by atoms with E-state index in [2.05, 4.69) is 25.1 Å². The van der Waals surface area contributed by atoms with Crippen molar-refractivity contribution in [2.75, 3.05) is 7.11 Å². The number of aryl methyl sites for hydroxylation is 1. The van der Waals surface area contributed by atoms with E-state index in [4.69, 9.17) is 4.74 Å². The maximum Gasteiger partial charge on any atom is 0.119 e. The zero-order chi connectivity index (χ0) is 20.2. The molecule has 3 heteroatoms. The molecule has 2 aromatic rings. The summed E-state index contributed by atoms with van der Waals surface area (Å²) < 4.78 is 5.44. The minimum atomic E-state index is -0.653. The van der Waals surface area contributed by atoms with Crippen LogP contribution in [-0.4, -0.2) is 22.9 Å². The Morgan fingerprint density at radius 3 is 2.59 bits per heavy atom. The lowest BCUT2D eigenvalue weighted by atomic mass is 9.53. The van der Waals surface area contributed by atoms with E-state index in [-0.39, 0.29) is 11.2 Å². The van der Waals surface area contributed by atoms with E-state index in [1.165, 1.54) is 17.5 Å². The predicted octanol–water partition coefficient (Wildman–Crippen LogP) is 5.23. The van der Waals surface area contributed by atoms with Crippen molar-refractivity contribution in [3.05, 3.63) is 59.2 Å². The number of ether oxygens (including phenoxy) is 1. The SMILES string of the molecule is COc1ccc2c(c1)CC[C@@H]1[C@@H]2CC[C@@]2(C)[C@H]1CC[C@@]2(O)Cc1ccc(O)cc1. The van der Waals surface area contributed by atoms with Crippen molar-refractivity contribution in [1.82, 2.24) is 0 Å². The van der Waals surface area contributed by atoms with Gasteiger partial charge in [-0.05, 0) is 103 Å². The summed E-state index contributed by atoms with van der Waals surface area (Å²) in [6.07, 6.45) is 7.28. The number of hydrogen-bond donors (Lipinski definition) is 2. The van der Waals surface area contributed by atoms with Gasteiger partial charge < -0.3 is 14.9 Å². The van der Waals surface area contributed by atoms with Crippen LogP contribution < -0.4 is 4.74 Å². The van der Waals surface area contributed by atoms with Gasteiger partial charge in [0.05, 0.1) is 12.7 Å². The van der Waals surface area contributed by atoms with Gasteiger partial charge in [-0.3, -0.25) is 0 Å². The van der Waals surface area contributed by atoms with Crippen LogP contribution in [-0.2, 0) is 12.8 Å². The van der Waals surface area contributed by atoms with Gasteiger partial charge in [0.15, 0.2) is 0 Å². The monoisotopic (exact) mass is 392 g/mol. The van der Waals surface area contributed by atoms with Crippen molar-refractivity contribution in [1.29, 1.82) is 0 Å². The highest BCUT2D eigenvalue weighted by molar-refractivity contribution is 5.41. The van der Waals surface area contributed by atoms with Crippen molar-refractivity contribution in [2.24, 2.45) is 17.3 Å². The highest BCUT2D eigenvalue weighted by atomic mass is 16.5. The highest BCUT2D eigenvalue weighted by Crippen LogP contribution is 2.64. The lowest BCUT2D eigenvalue weighted by Crippen LogP contribution is -2.51. The number of fused-ring (bicyclic) bond motifs is 5. The zero-order valence-electron chi connectivity index (χ0n) is 17.5. The normalized spacial score (nSPS) is 35.5. The Morgan fingerprint density at radius 1 is 1.03 bits per heavy atom. The molecule has 2 N–H and O–H groups in total. The molecule has 0 heterocycles. The maximum absolute atomic E-state index is 11.8. The molecule has 2 fully saturated rings. The van der Waals surface area contributed by atoms with Crippen LogP contribution in [0, 0.1) is 17.3 Å². The first-order valence-corrected chi connectivity index (χ1v) is 11.1. The molecule has 5 atom stereocenters. The van der Waals surface area contributed by atoms with E-state index in [1.54, 1.807) is 19.2 Å². The largest absolute Gasteiger partial charge is 0.508 e. The van der Waals surface area contributed by atoms with E-state index in [9.17, 15) is 10.2 Å². The first kappa shape index (κ1) is 19.0. The molecule has 0 amide bonds. The van der Waals surface area contributed by atoms with Crippen LogP contribution in [0.1, 0.15) is 61.6 Å². The lowest BCUT2D eigenvalue weighted by molar-refractivity contribution is -0.102. The first-order chi connectivity index (χ1) is 13.9. The number of aromatic hydroxyl groups is 1. The van der Waals surface area contributed by atoms with Gasteiger partial charge in [0.25, 0.3) is 0 Å². The second kappa shape index (κ2) is 6.77. The fraction of sp³-hybridized carbons (Fsp3) is 0.538. The number of phenols is 1. The highest BCUT2D eigenvalue weighted by Gasteiger charge is 2.61. The fourth-order valence-electron chi connectivity index (χ4n) is 7.04. The van der Waals surface area contributed by atoms with E-state index in [0.29, 0.717) is 24.2 Å². The molecule has 0 radical (unpaired) electrons. The molecule has 5 rings (SSSR count). The molecule has 2 aromatic carbocycles. The van der Waals surface area contributed by atoms with Crippen LogP contribution in [0.2, 0.25) is 0 Å². The molecule has 2 saturated carbocycles. The number of phenolic OH excluding ortho intramolecular Hbond substituents is 1. The second-order valence-electron chi connectivity index (χ2n) is 9.85. The van der Waals surface area contributed by atoms with Gasteiger partial charge in [0.1, 0.15) is 11.5 Å². The number of aliphatic hydroxyl groups is 1. The summed E-state index contributed by atoms with van der Waals surface area (Å²) in [5.74, 6) is 3.13. The van der Waals surface area contributed by atoms with E-state index in [0.717, 1.165) is 43.4 Å². The Bertz CT molecular complexity index is 905. The topological polar surface area (TPSA) is 49.7 Å². The Kier molecular flexibility index (Phi) is 4.43. The Balaban J connectivity index is 1.42. The number of methoxy groups -OCH3 is 1. The van der Waals surface area contributed by atoms with Crippen molar-refractivity contribution in [3.63, 3.8) is 0 Å². The molecular formula is C26H32O3.